The molecule has 5 heteroatoms. The zero-order chi connectivity index (χ0) is 10.3. The minimum absolute atomic E-state index is 0.296. The summed E-state index contributed by atoms with van der Waals surface area (Å²) in [5.41, 5.74) is 0. The van der Waals surface area contributed by atoms with E-state index >= 15 is 0 Å². The Balaban J connectivity index is 3.61. The number of carbonyl (C=O) groups is 1. The van der Waals surface area contributed by atoms with Gasteiger partial charge in [-0.15, -0.1) is 0 Å². The van der Waals surface area contributed by atoms with Crippen molar-refractivity contribution in [2.24, 2.45) is 5.92 Å². The second kappa shape index (κ2) is 6.61. The summed E-state index contributed by atoms with van der Waals surface area (Å²) >= 11 is 0. The first kappa shape index (κ1) is 12.1. The van der Waals surface area contributed by atoms with Crippen molar-refractivity contribution in [1.29, 1.82) is 5.26 Å². The molecule has 0 radical (unpaired) electrons. The van der Waals surface area contributed by atoms with E-state index in [4.69, 9.17) is 5.26 Å². The maximum atomic E-state index is 11.0. The lowest BCUT2D eigenvalue weighted by molar-refractivity contribution is -0.122. The molecule has 13 heavy (non-hydrogen) atoms. The number of carbonyl (C=O) groups excluding carboxylic acids is 1. The number of hydrogen-bond donors (Lipinski definition) is 1. The summed E-state index contributed by atoms with van der Waals surface area (Å²) in [6, 6.07) is 1.83. The summed E-state index contributed by atoms with van der Waals surface area (Å²) < 4.78 is 10.9. The zero-order valence-electron chi connectivity index (χ0n) is 7.87. The molecule has 0 rings (SSSR count). The van der Waals surface area contributed by atoms with Crippen molar-refractivity contribution in [2.75, 3.05) is 18.1 Å². The number of hydrogen-bond acceptors (Lipinski definition) is 3. The topological polar surface area (TPSA) is 70.0 Å². The van der Waals surface area contributed by atoms with Crippen LogP contribution in [0.25, 0.3) is 0 Å². The third-order valence-electron chi connectivity index (χ3n) is 1.54. The minimum atomic E-state index is -0.856. The van der Waals surface area contributed by atoms with Gasteiger partial charge in [-0.25, -0.2) is 0 Å². The first-order valence-electron chi connectivity index (χ1n) is 4.14. The van der Waals surface area contributed by atoms with Crippen LogP contribution in [-0.4, -0.2) is 28.2 Å². The molecule has 0 aliphatic carbocycles. The van der Waals surface area contributed by atoms with Gasteiger partial charge in [0.1, 0.15) is 5.92 Å². The molecule has 1 N–H and O–H groups in total. The Morgan fingerprint density at radius 2 is 2.31 bits per heavy atom. The molecule has 0 aliphatic heterocycles. The molecule has 0 aromatic carbocycles. The Morgan fingerprint density at radius 1 is 1.69 bits per heavy atom. The van der Waals surface area contributed by atoms with Gasteiger partial charge < -0.3 is 5.32 Å². The van der Waals surface area contributed by atoms with Gasteiger partial charge in [-0.05, 0) is 6.92 Å². The van der Waals surface area contributed by atoms with E-state index in [0.29, 0.717) is 18.1 Å². The average molecular weight is 202 g/mol. The van der Waals surface area contributed by atoms with E-state index < -0.39 is 16.7 Å². The van der Waals surface area contributed by atoms with Gasteiger partial charge in [0.2, 0.25) is 5.91 Å². The van der Waals surface area contributed by atoms with Crippen LogP contribution in [0.4, 0.5) is 0 Å². The summed E-state index contributed by atoms with van der Waals surface area (Å²) in [6.45, 7) is 3.74. The predicted molar refractivity (Wildman–Crippen MR) is 51.3 cm³/mol. The van der Waals surface area contributed by atoms with E-state index in [0.717, 1.165) is 0 Å². The highest BCUT2D eigenvalue weighted by Gasteiger charge is 2.10. The van der Waals surface area contributed by atoms with Crippen LogP contribution in [0.2, 0.25) is 0 Å². The van der Waals surface area contributed by atoms with Crippen LogP contribution in [-0.2, 0) is 15.6 Å². The Labute approximate surface area is 80.8 Å². The summed E-state index contributed by atoms with van der Waals surface area (Å²) in [7, 11) is -0.856. The molecule has 0 aromatic heterocycles. The Kier molecular flexibility index (Phi) is 6.15. The first-order valence-corrected chi connectivity index (χ1v) is 5.63. The fraction of sp³-hybridized carbons (Fsp3) is 0.750. The van der Waals surface area contributed by atoms with Gasteiger partial charge in [-0.2, -0.15) is 5.26 Å². The van der Waals surface area contributed by atoms with Crippen LogP contribution in [0, 0.1) is 17.2 Å². The lowest BCUT2D eigenvalue weighted by Crippen LogP contribution is -2.31. The largest absolute Gasteiger partial charge is 0.354 e. The summed E-state index contributed by atoms with van der Waals surface area (Å²) in [5.74, 6) is 0.134. The van der Waals surface area contributed by atoms with Gasteiger partial charge in [0.05, 0.1) is 6.07 Å². The van der Waals surface area contributed by atoms with Crippen LogP contribution in [0.5, 0.6) is 0 Å². The third-order valence-corrected chi connectivity index (χ3v) is 2.84. The molecular formula is C8H14N2O2S. The molecule has 0 heterocycles. The van der Waals surface area contributed by atoms with Crippen molar-refractivity contribution < 1.29 is 9.00 Å². The van der Waals surface area contributed by atoms with Gasteiger partial charge in [0.15, 0.2) is 0 Å². The maximum absolute atomic E-state index is 11.0. The second-order valence-corrected chi connectivity index (χ2v) is 4.44. The highest BCUT2D eigenvalue weighted by atomic mass is 32.2. The molecule has 1 amide bonds. The van der Waals surface area contributed by atoms with Gasteiger partial charge >= 0.3 is 0 Å². The molecule has 0 spiro atoms. The average Bonchev–Trinajstić information content (AvgIpc) is 2.15. The monoisotopic (exact) mass is 202 g/mol. The molecule has 0 fully saturated rings. The quantitative estimate of drug-likeness (QED) is 0.684. The molecule has 4 nitrogen and oxygen atoms in total. The zero-order valence-corrected chi connectivity index (χ0v) is 8.69. The van der Waals surface area contributed by atoms with Crippen LogP contribution in [0.15, 0.2) is 0 Å². The second-order valence-electron chi connectivity index (χ2n) is 2.57. The third kappa shape index (κ3) is 5.36. The fourth-order valence-corrected chi connectivity index (χ4v) is 1.26. The number of rotatable bonds is 5. The van der Waals surface area contributed by atoms with Crippen molar-refractivity contribution in [2.45, 2.75) is 13.8 Å². The van der Waals surface area contributed by atoms with Gasteiger partial charge in [-0.1, -0.05) is 6.92 Å². The lowest BCUT2D eigenvalue weighted by Gasteiger charge is -2.04. The van der Waals surface area contributed by atoms with E-state index in [-0.39, 0.29) is 5.91 Å². The molecule has 2 atom stereocenters. The molecule has 2 unspecified atom stereocenters. The van der Waals surface area contributed by atoms with Crippen molar-refractivity contribution >= 4 is 16.7 Å². The number of amides is 1. The van der Waals surface area contributed by atoms with Crippen LogP contribution < -0.4 is 5.32 Å². The SMILES string of the molecule is CCS(=O)CCNC(=O)C(C)C#N. The standard InChI is InChI=1S/C8H14N2O2S/c1-3-13(12)5-4-10-8(11)7(2)6-9/h7H,3-5H2,1-2H3,(H,10,11). The normalized spacial score (nSPS) is 14.2. The van der Waals surface area contributed by atoms with Gasteiger partial charge in [-0.3, -0.25) is 9.00 Å². The molecule has 0 aromatic rings. The Hall–Kier alpha value is -0.890. The van der Waals surface area contributed by atoms with E-state index in [9.17, 15) is 9.00 Å². The number of nitrogens with one attached hydrogen (secondary N) is 1. The molecule has 0 aliphatic rings. The van der Waals surface area contributed by atoms with E-state index in [1.165, 1.54) is 6.92 Å². The molecular weight excluding hydrogens is 188 g/mol. The molecule has 74 valence electrons. The molecule has 0 saturated heterocycles. The van der Waals surface area contributed by atoms with Gasteiger partial charge in [0, 0.05) is 28.9 Å². The summed E-state index contributed by atoms with van der Waals surface area (Å²) in [6.07, 6.45) is 0. The smallest absolute Gasteiger partial charge is 0.237 e. The van der Waals surface area contributed by atoms with Crippen molar-refractivity contribution in [1.82, 2.24) is 5.32 Å². The number of nitrogens with zero attached hydrogens (tertiary/aromatic N) is 1. The lowest BCUT2D eigenvalue weighted by atomic mass is 10.2. The molecule has 0 saturated carbocycles. The van der Waals surface area contributed by atoms with Crippen molar-refractivity contribution in [3.8, 4) is 6.07 Å². The number of nitriles is 1. The minimum Gasteiger partial charge on any atom is -0.354 e. The Bertz CT molecular complexity index is 235. The summed E-state index contributed by atoms with van der Waals surface area (Å²) in [5, 5.41) is 10.9. The Morgan fingerprint density at radius 3 is 2.77 bits per heavy atom. The highest BCUT2D eigenvalue weighted by molar-refractivity contribution is 7.84. The molecule has 0 bridgehead atoms. The van der Waals surface area contributed by atoms with Crippen LogP contribution in [0.1, 0.15) is 13.8 Å². The van der Waals surface area contributed by atoms with Crippen molar-refractivity contribution in [3.05, 3.63) is 0 Å². The predicted octanol–water partition coefficient (Wildman–Crippen LogP) is 0.0309. The maximum Gasteiger partial charge on any atom is 0.237 e. The van der Waals surface area contributed by atoms with E-state index in [1.807, 2.05) is 13.0 Å². The van der Waals surface area contributed by atoms with E-state index in [2.05, 4.69) is 5.32 Å². The van der Waals surface area contributed by atoms with Crippen LogP contribution >= 0.6 is 0 Å². The van der Waals surface area contributed by atoms with E-state index in [1.54, 1.807) is 0 Å². The summed E-state index contributed by atoms with van der Waals surface area (Å²) in [4.78, 5) is 11.0. The fourth-order valence-electron chi connectivity index (χ4n) is 0.644. The first-order chi connectivity index (χ1) is 6.11. The highest BCUT2D eigenvalue weighted by Crippen LogP contribution is 1.90. The van der Waals surface area contributed by atoms with Crippen LogP contribution in [0.3, 0.4) is 0 Å². The van der Waals surface area contributed by atoms with Crippen molar-refractivity contribution in [3.63, 3.8) is 0 Å². The van der Waals surface area contributed by atoms with Gasteiger partial charge in [0.25, 0.3) is 0 Å².